The van der Waals surface area contributed by atoms with Gasteiger partial charge in [0.1, 0.15) is 5.82 Å². The normalized spacial score (nSPS) is 15.2. The molecule has 0 spiro atoms. The largest absolute Gasteiger partial charge is 0.378 e. The maximum absolute atomic E-state index is 12.8. The summed E-state index contributed by atoms with van der Waals surface area (Å²) in [5.74, 6) is 1.16. The summed E-state index contributed by atoms with van der Waals surface area (Å²) < 4.78 is 5.38. The molecule has 1 unspecified atom stereocenters. The van der Waals surface area contributed by atoms with E-state index in [-0.39, 0.29) is 36.8 Å². The third kappa shape index (κ3) is 6.62. The molecular formula is C17H30Cl2N4O2. The molecule has 25 heavy (non-hydrogen) atoms. The number of aromatic nitrogens is 1. The quantitative estimate of drug-likeness (QED) is 0.803. The molecule has 1 aliphatic heterocycles. The number of halogens is 2. The Morgan fingerprint density at radius 2 is 2.00 bits per heavy atom. The first-order valence-electron chi connectivity index (χ1n) is 8.29. The number of amides is 1. The zero-order valence-corrected chi connectivity index (χ0v) is 16.8. The number of nitrogens with two attached hydrogens (primary N) is 1. The van der Waals surface area contributed by atoms with Crippen LogP contribution in [0.25, 0.3) is 0 Å². The molecule has 8 heteroatoms. The first-order chi connectivity index (χ1) is 11.0. The predicted molar refractivity (Wildman–Crippen MR) is 106 cm³/mol. The monoisotopic (exact) mass is 392 g/mol. The molecule has 0 aliphatic carbocycles. The maximum atomic E-state index is 12.8. The number of hydrogen-bond donors (Lipinski definition) is 1. The second kappa shape index (κ2) is 11.5. The molecule has 1 aromatic heterocycles. The number of anilines is 1. The molecule has 2 rings (SSSR count). The third-order valence-electron chi connectivity index (χ3n) is 4.33. The van der Waals surface area contributed by atoms with Gasteiger partial charge in [-0.15, -0.1) is 24.8 Å². The van der Waals surface area contributed by atoms with Gasteiger partial charge in [0.25, 0.3) is 5.91 Å². The number of ether oxygens (including phenoxy) is 1. The van der Waals surface area contributed by atoms with Crippen LogP contribution in [0.4, 0.5) is 5.82 Å². The summed E-state index contributed by atoms with van der Waals surface area (Å²) >= 11 is 0. The van der Waals surface area contributed by atoms with Crippen LogP contribution in [0, 0.1) is 5.92 Å². The van der Waals surface area contributed by atoms with Crippen molar-refractivity contribution in [2.24, 2.45) is 11.7 Å². The Balaban J connectivity index is 0.00000288. The van der Waals surface area contributed by atoms with Crippen LogP contribution in [0.2, 0.25) is 0 Å². The summed E-state index contributed by atoms with van der Waals surface area (Å²) in [7, 11) is 1.82. The summed E-state index contributed by atoms with van der Waals surface area (Å²) in [5, 5.41) is 0. The van der Waals surface area contributed by atoms with Crippen molar-refractivity contribution in [3.05, 3.63) is 23.9 Å². The molecule has 1 atom stereocenters. The Hall–Kier alpha value is -1.08. The van der Waals surface area contributed by atoms with E-state index in [1.165, 1.54) is 0 Å². The van der Waals surface area contributed by atoms with Crippen molar-refractivity contribution in [2.45, 2.75) is 26.3 Å². The van der Waals surface area contributed by atoms with Gasteiger partial charge in [-0.05, 0) is 24.5 Å². The smallest absolute Gasteiger partial charge is 0.257 e. The van der Waals surface area contributed by atoms with E-state index in [0.717, 1.165) is 25.3 Å². The first-order valence-corrected chi connectivity index (χ1v) is 8.29. The molecule has 2 N–H and O–H groups in total. The Morgan fingerprint density at radius 1 is 1.36 bits per heavy atom. The van der Waals surface area contributed by atoms with Gasteiger partial charge < -0.3 is 20.3 Å². The Bertz CT molecular complexity index is 525. The van der Waals surface area contributed by atoms with E-state index >= 15 is 0 Å². The third-order valence-corrected chi connectivity index (χ3v) is 4.33. The maximum Gasteiger partial charge on any atom is 0.257 e. The van der Waals surface area contributed by atoms with Crippen molar-refractivity contribution < 1.29 is 9.53 Å². The number of nitrogens with zero attached hydrogens (tertiary/aromatic N) is 3. The van der Waals surface area contributed by atoms with E-state index in [0.29, 0.717) is 31.2 Å². The number of pyridine rings is 1. The zero-order valence-electron chi connectivity index (χ0n) is 15.2. The standard InChI is InChI=1S/C17H28N4O2.2ClH/c1-13(2)15(18)6-8-20(3)17(22)14-5-4-7-19-16(14)21-9-11-23-12-10-21;;/h4-5,7,13,15H,6,8-12,18H2,1-3H3;2*1H. The van der Waals surface area contributed by atoms with Gasteiger partial charge in [-0.25, -0.2) is 4.98 Å². The molecule has 1 aromatic rings. The van der Waals surface area contributed by atoms with Crippen LogP contribution in [-0.2, 0) is 4.74 Å². The highest BCUT2D eigenvalue weighted by atomic mass is 35.5. The fourth-order valence-corrected chi connectivity index (χ4v) is 2.57. The summed E-state index contributed by atoms with van der Waals surface area (Å²) in [4.78, 5) is 21.1. The van der Waals surface area contributed by atoms with Crippen molar-refractivity contribution in [1.29, 1.82) is 0 Å². The van der Waals surface area contributed by atoms with Crippen molar-refractivity contribution in [3.63, 3.8) is 0 Å². The molecule has 6 nitrogen and oxygen atoms in total. The van der Waals surface area contributed by atoms with Crippen molar-refractivity contribution in [2.75, 3.05) is 44.8 Å². The molecule has 0 saturated carbocycles. The van der Waals surface area contributed by atoms with Crippen molar-refractivity contribution in [3.8, 4) is 0 Å². The fraction of sp³-hybridized carbons (Fsp3) is 0.647. The summed E-state index contributed by atoms with van der Waals surface area (Å²) in [6.07, 6.45) is 2.53. The van der Waals surface area contributed by atoms with Crippen LogP contribution in [0.3, 0.4) is 0 Å². The molecule has 1 amide bonds. The van der Waals surface area contributed by atoms with Gasteiger partial charge in [0.2, 0.25) is 0 Å². The molecule has 0 aromatic carbocycles. The van der Waals surface area contributed by atoms with Crippen molar-refractivity contribution >= 4 is 36.5 Å². The second-order valence-corrected chi connectivity index (χ2v) is 6.40. The number of morpholine rings is 1. The van der Waals surface area contributed by atoms with E-state index in [2.05, 4.69) is 23.7 Å². The number of carbonyl (C=O) groups excluding carboxylic acids is 1. The fourth-order valence-electron chi connectivity index (χ4n) is 2.57. The topological polar surface area (TPSA) is 71.7 Å². The van der Waals surface area contributed by atoms with Crippen LogP contribution in [0.5, 0.6) is 0 Å². The van der Waals surface area contributed by atoms with E-state index in [1.54, 1.807) is 11.1 Å². The second-order valence-electron chi connectivity index (χ2n) is 6.40. The highest BCUT2D eigenvalue weighted by Gasteiger charge is 2.22. The van der Waals surface area contributed by atoms with E-state index in [4.69, 9.17) is 10.5 Å². The SMILES string of the molecule is CC(C)C(N)CCN(C)C(=O)c1cccnc1N1CCOCC1.Cl.Cl. The molecule has 1 saturated heterocycles. The van der Waals surface area contributed by atoms with Gasteiger partial charge >= 0.3 is 0 Å². The minimum Gasteiger partial charge on any atom is -0.378 e. The summed E-state index contributed by atoms with van der Waals surface area (Å²) in [5.41, 5.74) is 6.73. The van der Waals surface area contributed by atoms with Gasteiger partial charge in [0, 0.05) is 38.9 Å². The van der Waals surface area contributed by atoms with Gasteiger partial charge in [0.05, 0.1) is 18.8 Å². The van der Waals surface area contributed by atoms with Gasteiger partial charge in [-0.1, -0.05) is 13.8 Å². The van der Waals surface area contributed by atoms with Crippen LogP contribution >= 0.6 is 24.8 Å². The molecular weight excluding hydrogens is 363 g/mol. The molecule has 2 heterocycles. The molecule has 0 radical (unpaired) electrons. The lowest BCUT2D eigenvalue weighted by Crippen LogP contribution is -2.39. The van der Waals surface area contributed by atoms with E-state index < -0.39 is 0 Å². The van der Waals surface area contributed by atoms with Crippen LogP contribution in [0.15, 0.2) is 18.3 Å². The Labute approximate surface area is 162 Å². The van der Waals surface area contributed by atoms with Crippen molar-refractivity contribution in [1.82, 2.24) is 9.88 Å². The average molecular weight is 393 g/mol. The van der Waals surface area contributed by atoms with Gasteiger partial charge in [-0.3, -0.25) is 4.79 Å². The van der Waals surface area contributed by atoms with Crippen LogP contribution < -0.4 is 10.6 Å². The number of carbonyl (C=O) groups is 1. The Kier molecular flexibility index (Phi) is 11.0. The van der Waals surface area contributed by atoms with Gasteiger partial charge in [0.15, 0.2) is 0 Å². The lowest BCUT2D eigenvalue weighted by Gasteiger charge is -2.30. The lowest BCUT2D eigenvalue weighted by atomic mass is 10.0. The van der Waals surface area contributed by atoms with E-state index in [1.807, 2.05) is 19.2 Å². The predicted octanol–water partition coefficient (Wildman–Crippen LogP) is 2.21. The average Bonchev–Trinajstić information content (AvgIpc) is 2.59. The van der Waals surface area contributed by atoms with Gasteiger partial charge in [-0.2, -0.15) is 0 Å². The molecule has 1 aliphatic rings. The van der Waals surface area contributed by atoms with Crippen LogP contribution in [-0.4, -0.2) is 61.7 Å². The summed E-state index contributed by atoms with van der Waals surface area (Å²) in [6.45, 7) is 7.72. The zero-order chi connectivity index (χ0) is 16.8. The van der Waals surface area contributed by atoms with Crippen LogP contribution in [0.1, 0.15) is 30.6 Å². The summed E-state index contributed by atoms with van der Waals surface area (Å²) in [6, 6.07) is 3.77. The van der Waals surface area contributed by atoms with E-state index in [9.17, 15) is 4.79 Å². The lowest BCUT2D eigenvalue weighted by molar-refractivity contribution is 0.0788. The molecule has 0 bridgehead atoms. The highest BCUT2D eigenvalue weighted by molar-refractivity contribution is 5.98. The first kappa shape index (κ1) is 23.9. The number of rotatable bonds is 6. The minimum absolute atomic E-state index is 0. The highest BCUT2D eigenvalue weighted by Crippen LogP contribution is 2.20. The Morgan fingerprint density at radius 3 is 2.60 bits per heavy atom. The molecule has 1 fully saturated rings. The molecule has 144 valence electrons. The number of hydrogen-bond acceptors (Lipinski definition) is 5. The minimum atomic E-state index is -0.00412.